The number of carbonyl (C=O) groups is 1. The number of hydrogen-bond acceptors (Lipinski definition) is 4. The van der Waals surface area contributed by atoms with E-state index in [4.69, 9.17) is 14.5 Å². The zero-order valence-electron chi connectivity index (χ0n) is 16.3. The van der Waals surface area contributed by atoms with Crippen LogP contribution in [-0.2, 0) is 16.1 Å². The normalized spacial score (nSPS) is 16.9. The van der Waals surface area contributed by atoms with Gasteiger partial charge in [-0.15, -0.1) is 0 Å². The van der Waals surface area contributed by atoms with Gasteiger partial charge in [0.1, 0.15) is 11.6 Å². The fourth-order valence-corrected chi connectivity index (χ4v) is 3.89. The second-order valence-electron chi connectivity index (χ2n) is 6.91. The topological polar surface area (TPSA) is 56.6 Å². The molecule has 1 aliphatic heterocycles. The summed E-state index contributed by atoms with van der Waals surface area (Å²) in [6.07, 6.45) is 0.441. The third-order valence-corrected chi connectivity index (χ3v) is 5.15. The van der Waals surface area contributed by atoms with Crippen molar-refractivity contribution in [2.45, 2.75) is 25.8 Å². The predicted molar refractivity (Wildman–Crippen MR) is 109 cm³/mol. The van der Waals surface area contributed by atoms with Gasteiger partial charge in [-0.2, -0.15) is 0 Å². The molecule has 2 heterocycles. The lowest BCUT2D eigenvalue weighted by molar-refractivity contribution is -0.117. The van der Waals surface area contributed by atoms with Crippen LogP contribution in [0, 0.1) is 0 Å². The molecule has 0 aliphatic carbocycles. The first kappa shape index (κ1) is 18.5. The second-order valence-corrected chi connectivity index (χ2v) is 6.91. The van der Waals surface area contributed by atoms with Crippen LogP contribution in [0.15, 0.2) is 48.5 Å². The summed E-state index contributed by atoms with van der Waals surface area (Å²) in [5.41, 5.74) is 2.86. The van der Waals surface area contributed by atoms with Crippen LogP contribution >= 0.6 is 0 Å². The number of ether oxygens (including phenoxy) is 2. The van der Waals surface area contributed by atoms with Crippen LogP contribution in [-0.4, -0.2) is 42.3 Å². The number of aromatic nitrogens is 2. The van der Waals surface area contributed by atoms with E-state index in [9.17, 15) is 4.79 Å². The van der Waals surface area contributed by atoms with Crippen molar-refractivity contribution in [2.24, 2.45) is 0 Å². The van der Waals surface area contributed by atoms with Crippen LogP contribution in [0.25, 0.3) is 11.0 Å². The van der Waals surface area contributed by atoms with Crippen LogP contribution < -0.4 is 9.64 Å². The number of rotatable bonds is 7. The Bertz CT molecular complexity index is 982. The highest BCUT2D eigenvalue weighted by Gasteiger charge is 2.35. The number of methoxy groups -OCH3 is 1. The number of benzene rings is 2. The van der Waals surface area contributed by atoms with Crippen LogP contribution in [0.2, 0.25) is 0 Å². The summed E-state index contributed by atoms with van der Waals surface area (Å²) >= 11 is 0. The Hall–Kier alpha value is -2.86. The Morgan fingerprint density at radius 3 is 2.75 bits per heavy atom. The average molecular weight is 379 g/mol. The highest BCUT2D eigenvalue weighted by atomic mass is 16.5. The molecule has 0 unspecified atom stereocenters. The van der Waals surface area contributed by atoms with E-state index in [0.29, 0.717) is 32.7 Å². The fourth-order valence-electron chi connectivity index (χ4n) is 3.89. The molecule has 0 N–H and O–H groups in total. The Labute approximate surface area is 164 Å². The molecule has 1 aliphatic rings. The molecule has 6 heteroatoms. The molecule has 0 spiro atoms. The molecule has 3 aromatic rings. The predicted octanol–water partition coefficient (Wildman–Crippen LogP) is 3.60. The SMILES string of the molecule is CCOc1ccccc1N1C[C@H](c2nc3ccccc3n2CCOC)CC1=O. The van der Waals surface area contributed by atoms with Gasteiger partial charge in [0.2, 0.25) is 5.91 Å². The second kappa shape index (κ2) is 8.02. The van der Waals surface area contributed by atoms with Gasteiger partial charge in [-0.25, -0.2) is 4.98 Å². The Morgan fingerprint density at radius 1 is 1.14 bits per heavy atom. The number of carbonyl (C=O) groups excluding carboxylic acids is 1. The van der Waals surface area contributed by atoms with E-state index in [0.717, 1.165) is 28.3 Å². The third-order valence-electron chi connectivity index (χ3n) is 5.15. The molecule has 0 saturated carbocycles. The van der Waals surface area contributed by atoms with Crippen molar-refractivity contribution in [1.82, 2.24) is 9.55 Å². The van der Waals surface area contributed by atoms with Gasteiger partial charge in [-0.05, 0) is 31.2 Å². The first-order chi connectivity index (χ1) is 13.7. The van der Waals surface area contributed by atoms with Crippen LogP contribution in [0.5, 0.6) is 5.75 Å². The van der Waals surface area contributed by atoms with Crippen LogP contribution in [0.4, 0.5) is 5.69 Å². The monoisotopic (exact) mass is 379 g/mol. The summed E-state index contributed by atoms with van der Waals surface area (Å²) < 4.78 is 13.2. The first-order valence-corrected chi connectivity index (χ1v) is 9.69. The smallest absolute Gasteiger partial charge is 0.227 e. The lowest BCUT2D eigenvalue weighted by atomic mass is 10.1. The number of fused-ring (bicyclic) bond motifs is 1. The highest BCUT2D eigenvalue weighted by molar-refractivity contribution is 5.97. The molecule has 146 valence electrons. The molecule has 1 saturated heterocycles. The fraction of sp³-hybridized carbons (Fsp3) is 0.364. The van der Waals surface area contributed by atoms with Crippen molar-refractivity contribution >= 4 is 22.6 Å². The van der Waals surface area contributed by atoms with E-state index in [-0.39, 0.29) is 11.8 Å². The number of hydrogen-bond donors (Lipinski definition) is 0. The molecule has 1 fully saturated rings. The molecule has 0 radical (unpaired) electrons. The van der Waals surface area contributed by atoms with Gasteiger partial charge in [-0.3, -0.25) is 4.79 Å². The number of amides is 1. The first-order valence-electron chi connectivity index (χ1n) is 9.69. The largest absolute Gasteiger partial charge is 0.492 e. The Kier molecular flexibility index (Phi) is 5.30. The standard InChI is InChI=1S/C22H25N3O3/c1-3-28-20-11-7-6-10-19(20)25-15-16(14-21(25)26)22-23-17-8-4-5-9-18(17)24(22)12-13-27-2/h4-11,16H,3,12-15H2,1-2H3/t16-/m1/s1. The van der Waals surface area contributed by atoms with Crippen molar-refractivity contribution < 1.29 is 14.3 Å². The molecule has 4 rings (SSSR count). The molecule has 1 atom stereocenters. The van der Waals surface area contributed by atoms with Crippen molar-refractivity contribution in [3.05, 3.63) is 54.4 Å². The molecule has 2 aromatic carbocycles. The summed E-state index contributed by atoms with van der Waals surface area (Å²) in [6, 6.07) is 15.8. The van der Waals surface area contributed by atoms with Gasteiger partial charge in [0.15, 0.2) is 0 Å². The number of imidazole rings is 1. The van der Waals surface area contributed by atoms with Gasteiger partial charge in [0.05, 0.1) is 29.9 Å². The summed E-state index contributed by atoms with van der Waals surface area (Å²) in [7, 11) is 1.70. The lowest BCUT2D eigenvalue weighted by Gasteiger charge is -2.20. The molecular weight excluding hydrogens is 354 g/mol. The van der Waals surface area contributed by atoms with Gasteiger partial charge in [0, 0.05) is 32.5 Å². The van der Waals surface area contributed by atoms with Gasteiger partial charge >= 0.3 is 0 Å². The number of para-hydroxylation sites is 4. The van der Waals surface area contributed by atoms with Crippen LogP contribution in [0.3, 0.4) is 0 Å². The molecule has 1 aromatic heterocycles. The minimum atomic E-state index is 0.0337. The molecule has 1 amide bonds. The molecular formula is C22H25N3O3. The summed E-state index contributed by atoms with van der Waals surface area (Å²) in [4.78, 5) is 19.6. The maximum absolute atomic E-state index is 12.9. The van der Waals surface area contributed by atoms with Gasteiger partial charge < -0.3 is 18.9 Å². The van der Waals surface area contributed by atoms with E-state index in [1.807, 2.05) is 54.3 Å². The van der Waals surface area contributed by atoms with Crippen LogP contribution in [0.1, 0.15) is 25.1 Å². The zero-order chi connectivity index (χ0) is 19.5. The van der Waals surface area contributed by atoms with E-state index < -0.39 is 0 Å². The van der Waals surface area contributed by atoms with Gasteiger partial charge in [-0.1, -0.05) is 24.3 Å². The Balaban J connectivity index is 1.68. The van der Waals surface area contributed by atoms with Crippen molar-refractivity contribution in [1.29, 1.82) is 0 Å². The van der Waals surface area contributed by atoms with E-state index in [1.54, 1.807) is 7.11 Å². The lowest BCUT2D eigenvalue weighted by Crippen LogP contribution is -2.25. The van der Waals surface area contributed by atoms with E-state index >= 15 is 0 Å². The van der Waals surface area contributed by atoms with Crippen molar-refractivity contribution in [2.75, 3.05) is 31.8 Å². The summed E-state index contributed by atoms with van der Waals surface area (Å²) in [5.74, 6) is 1.82. The van der Waals surface area contributed by atoms with Crippen molar-refractivity contribution in [3.8, 4) is 5.75 Å². The van der Waals surface area contributed by atoms with Gasteiger partial charge in [0.25, 0.3) is 0 Å². The number of anilines is 1. The summed E-state index contributed by atoms with van der Waals surface area (Å²) in [6.45, 7) is 4.43. The molecule has 28 heavy (non-hydrogen) atoms. The van der Waals surface area contributed by atoms with Crippen molar-refractivity contribution in [3.63, 3.8) is 0 Å². The Morgan fingerprint density at radius 2 is 1.93 bits per heavy atom. The third kappa shape index (κ3) is 3.36. The maximum Gasteiger partial charge on any atom is 0.227 e. The maximum atomic E-state index is 12.9. The van der Waals surface area contributed by atoms with E-state index in [1.165, 1.54) is 0 Å². The number of nitrogens with zero attached hydrogens (tertiary/aromatic N) is 3. The average Bonchev–Trinajstić information content (AvgIpc) is 3.27. The highest BCUT2D eigenvalue weighted by Crippen LogP contribution is 2.37. The van der Waals surface area contributed by atoms with E-state index in [2.05, 4.69) is 10.6 Å². The molecule has 0 bridgehead atoms. The minimum Gasteiger partial charge on any atom is -0.492 e. The minimum absolute atomic E-state index is 0.0337. The quantitative estimate of drug-likeness (QED) is 0.629. The molecule has 6 nitrogen and oxygen atoms in total. The summed E-state index contributed by atoms with van der Waals surface area (Å²) in [5, 5.41) is 0. The zero-order valence-corrected chi connectivity index (χ0v) is 16.3.